The molecule has 1 aliphatic rings. The van der Waals surface area contributed by atoms with Crippen molar-refractivity contribution in [1.29, 1.82) is 0 Å². The lowest BCUT2D eigenvalue weighted by molar-refractivity contribution is -0.274. The van der Waals surface area contributed by atoms with Crippen molar-refractivity contribution < 1.29 is 41.7 Å². The number of ether oxygens (including phenoxy) is 4. The minimum atomic E-state index is -4.82. The first-order valence-electron chi connectivity index (χ1n) is 7.77. The molecule has 1 aliphatic heterocycles. The number of hydrogen-bond acceptors (Lipinski definition) is 6. The molecular formula is C18H13F3O6. The number of esters is 1. The van der Waals surface area contributed by atoms with E-state index in [2.05, 4.69) is 4.74 Å². The average Bonchev–Trinajstić information content (AvgIpc) is 2.64. The zero-order valence-corrected chi connectivity index (χ0v) is 13.7. The first kappa shape index (κ1) is 18.6. The molecule has 9 heteroatoms. The molecule has 142 valence electrons. The van der Waals surface area contributed by atoms with Crippen molar-refractivity contribution >= 4 is 11.8 Å². The van der Waals surface area contributed by atoms with E-state index in [0.29, 0.717) is 24.7 Å². The highest BCUT2D eigenvalue weighted by Crippen LogP contribution is 2.31. The van der Waals surface area contributed by atoms with Gasteiger partial charge < -0.3 is 18.9 Å². The lowest BCUT2D eigenvalue weighted by atomic mass is 10.1. The number of halogens is 3. The summed E-state index contributed by atoms with van der Waals surface area (Å²) in [6, 6.07) is 8.78. The van der Waals surface area contributed by atoms with Gasteiger partial charge in [-0.2, -0.15) is 0 Å². The van der Waals surface area contributed by atoms with E-state index in [4.69, 9.17) is 14.2 Å². The fraction of sp³-hybridized carbons (Fsp3) is 0.222. The van der Waals surface area contributed by atoms with Gasteiger partial charge in [-0.25, -0.2) is 4.79 Å². The Kier molecular flexibility index (Phi) is 5.20. The van der Waals surface area contributed by atoms with Gasteiger partial charge >= 0.3 is 12.3 Å². The summed E-state index contributed by atoms with van der Waals surface area (Å²) in [4.78, 5) is 24.1. The van der Waals surface area contributed by atoms with Crippen LogP contribution in [-0.4, -0.2) is 37.9 Å². The summed E-state index contributed by atoms with van der Waals surface area (Å²) in [5.41, 5.74) is 0.264. The summed E-state index contributed by atoms with van der Waals surface area (Å²) >= 11 is 0. The zero-order chi connectivity index (χ0) is 19.4. The second-order valence-electron chi connectivity index (χ2n) is 5.43. The van der Waals surface area contributed by atoms with Crippen molar-refractivity contribution in [2.75, 3.05) is 19.8 Å². The Labute approximate surface area is 151 Å². The molecule has 0 spiro atoms. The molecule has 0 N–H and O–H groups in total. The van der Waals surface area contributed by atoms with Crippen LogP contribution in [0.15, 0.2) is 42.5 Å². The van der Waals surface area contributed by atoms with Crippen LogP contribution in [-0.2, 0) is 4.74 Å². The highest BCUT2D eigenvalue weighted by molar-refractivity contribution is 5.99. The Hall–Kier alpha value is -3.23. The Morgan fingerprint density at radius 2 is 1.56 bits per heavy atom. The molecule has 27 heavy (non-hydrogen) atoms. The monoisotopic (exact) mass is 382 g/mol. The maximum Gasteiger partial charge on any atom is 0.573 e. The molecule has 0 fully saturated rings. The molecule has 0 saturated carbocycles. The number of rotatable bonds is 5. The average molecular weight is 382 g/mol. The van der Waals surface area contributed by atoms with Crippen molar-refractivity contribution in [1.82, 2.24) is 0 Å². The first-order valence-corrected chi connectivity index (χ1v) is 7.77. The maximum absolute atomic E-state index is 12.2. The molecule has 0 aromatic heterocycles. The second-order valence-corrected chi connectivity index (χ2v) is 5.43. The summed E-state index contributed by atoms with van der Waals surface area (Å²) in [5, 5.41) is 0. The van der Waals surface area contributed by atoms with Crippen molar-refractivity contribution in [2.45, 2.75) is 6.36 Å². The molecule has 0 bridgehead atoms. The molecule has 0 saturated heterocycles. The Bertz CT molecular complexity index is 845. The standard InChI is InChI=1S/C18H13F3O6/c19-18(20,21)27-13-4-1-11(2-5-13)17(23)26-10-14(22)12-3-6-15-16(9-12)25-8-7-24-15/h1-6,9H,7-8,10H2. The van der Waals surface area contributed by atoms with Crippen molar-refractivity contribution in [3.8, 4) is 17.2 Å². The van der Waals surface area contributed by atoms with Crippen LogP contribution in [0.2, 0.25) is 0 Å². The predicted octanol–water partition coefficient (Wildman–Crippen LogP) is 3.40. The SMILES string of the molecule is O=C(COC(=O)c1ccc(OC(F)(F)F)cc1)c1ccc2c(c1)OCCO2. The molecular weight excluding hydrogens is 369 g/mol. The summed E-state index contributed by atoms with van der Waals surface area (Å²) in [6.07, 6.45) is -4.82. The van der Waals surface area contributed by atoms with Crippen LogP contribution in [0.3, 0.4) is 0 Å². The molecule has 2 aromatic carbocycles. The van der Waals surface area contributed by atoms with Gasteiger partial charge in [-0.05, 0) is 42.5 Å². The van der Waals surface area contributed by atoms with Crippen LogP contribution in [0.4, 0.5) is 13.2 Å². The van der Waals surface area contributed by atoms with E-state index in [1.54, 1.807) is 6.07 Å². The van der Waals surface area contributed by atoms with Crippen LogP contribution in [0.5, 0.6) is 17.2 Å². The molecule has 6 nitrogen and oxygen atoms in total. The van der Waals surface area contributed by atoms with Crippen molar-refractivity contribution in [3.63, 3.8) is 0 Å². The third kappa shape index (κ3) is 4.90. The van der Waals surface area contributed by atoms with Crippen molar-refractivity contribution in [3.05, 3.63) is 53.6 Å². The van der Waals surface area contributed by atoms with Gasteiger partial charge in [-0.1, -0.05) is 0 Å². The van der Waals surface area contributed by atoms with E-state index in [1.807, 2.05) is 0 Å². The molecule has 0 aliphatic carbocycles. The van der Waals surface area contributed by atoms with Crippen LogP contribution >= 0.6 is 0 Å². The number of fused-ring (bicyclic) bond motifs is 1. The van der Waals surface area contributed by atoms with Crippen LogP contribution in [0.1, 0.15) is 20.7 Å². The third-order valence-corrected chi connectivity index (χ3v) is 3.52. The predicted molar refractivity (Wildman–Crippen MR) is 85.2 cm³/mol. The Morgan fingerprint density at radius 1 is 0.926 bits per heavy atom. The highest BCUT2D eigenvalue weighted by Gasteiger charge is 2.31. The van der Waals surface area contributed by atoms with E-state index in [9.17, 15) is 22.8 Å². The van der Waals surface area contributed by atoms with Crippen molar-refractivity contribution in [2.24, 2.45) is 0 Å². The summed E-state index contributed by atoms with van der Waals surface area (Å²) in [6.45, 7) is 0.262. The number of hydrogen-bond donors (Lipinski definition) is 0. The van der Waals surface area contributed by atoms with E-state index in [0.717, 1.165) is 24.3 Å². The number of carbonyl (C=O) groups excluding carboxylic acids is 2. The Morgan fingerprint density at radius 3 is 2.22 bits per heavy atom. The van der Waals surface area contributed by atoms with Gasteiger partial charge in [0.1, 0.15) is 19.0 Å². The summed E-state index contributed by atoms with van der Waals surface area (Å²) < 4.78 is 55.7. The number of ketones is 1. The van der Waals surface area contributed by atoms with E-state index >= 15 is 0 Å². The van der Waals surface area contributed by atoms with Crippen LogP contribution < -0.4 is 14.2 Å². The van der Waals surface area contributed by atoms with Crippen LogP contribution in [0, 0.1) is 0 Å². The minimum absolute atomic E-state index is 0.0144. The van der Waals surface area contributed by atoms with Gasteiger partial charge in [0.15, 0.2) is 23.9 Å². The molecule has 1 heterocycles. The molecule has 0 amide bonds. The largest absolute Gasteiger partial charge is 0.573 e. The summed E-state index contributed by atoms with van der Waals surface area (Å²) in [5.74, 6) is -0.821. The quantitative estimate of drug-likeness (QED) is 0.583. The highest BCUT2D eigenvalue weighted by atomic mass is 19.4. The van der Waals surface area contributed by atoms with Crippen LogP contribution in [0.25, 0.3) is 0 Å². The molecule has 0 atom stereocenters. The van der Waals surface area contributed by atoms with Gasteiger partial charge in [0.25, 0.3) is 0 Å². The normalized spacial score (nSPS) is 13.0. The summed E-state index contributed by atoms with van der Waals surface area (Å²) in [7, 11) is 0. The third-order valence-electron chi connectivity index (χ3n) is 3.52. The molecule has 2 aromatic rings. The topological polar surface area (TPSA) is 71.1 Å². The van der Waals surface area contributed by atoms with Gasteiger partial charge in [-0.15, -0.1) is 13.2 Å². The zero-order valence-electron chi connectivity index (χ0n) is 13.7. The first-order chi connectivity index (χ1) is 12.8. The van der Waals surface area contributed by atoms with Gasteiger partial charge in [0.05, 0.1) is 5.56 Å². The van der Waals surface area contributed by atoms with E-state index in [1.165, 1.54) is 12.1 Å². The number of benzene rings is 2. The molecule has 3 rings (SSSR count). The van der Waals surface area contributed by atoms with E-state index in [-0.39, 0.29) is 11.1 Å². The van der Waals surface area contributed by atoms with Gasteiger partial charge in [0.2, 0.25) is 0 Å². The smallest absolute Gasteiger partial charge is 0.486 e. The fourth-order valence-corrected chi connectivity index (χ4v) is 2.31. The van der Waals surface area contributed by atoms with Gasteiger partial charge in [0, 0.05) is 5.56 Å². The van der Waals surface area contributed by atoms with Gasteiger partial charge in [-0.3, -0.25) is 4.79 Å². The minimum Gasteiger partial charge on any atom is -0.486 e. The lowest BCUT2D eigenvalue weighted by Gasteiger charge is -2.18. The number of Topliss-reactive ketones (excluding diaryl/α,β-unsaturated/α-hetero) is 1. The molecule has 0 radical (unpaired) electrons. The maximum atomic E-state index is 12.2. The fourth-order valence-electron chi connectivity index (χ4n) is 2.31. The Balaban J connectivity index is 1.58. The number of carbonyl (C=O) groups is 2. The molecule has 0 unspecified atom stereocenters. The number of alkyl halides is 3. The second kappa shape index (κ2) is 7.56. The van der Waals surface area contributed by atoms with E-state index < -0.39 is 30.5 Å². The lowest BCUT2D eigenvalue weighted by Crippen LogP contribution is -2.18.